The Labute approximate surface area is 144 Å². The summed E-state index contributed by atoms with van der Waals surface area (Å²) in [6.45, 7) is 0.437. The summed E-state index contributed by atoms with van der Waals surface area (Å²) >= 11 is 1.40. The first-order valence-corrected chi connectivity index (χ1v) is 8.33. The second kappa shape index (κ2) is 7.66. The fourth-order valence-electron chi connectivity index (χ4n) is 2.15. The minimum atomic E-state index is -0.140. The van der Waals surface area contributed by atoms with E-state index in [9.17, 15) is 4.79 Å². The van der Waals surface area contributed by atoms with Gasteiger partial charge >= 0.3 is 0 Å². The maximum absolute atomic E-state index is 12.3. The molecule has 1 amide bonds. The van der Waals surface area contributed by atoms with Gasteiger partial charge in [0.25, 0.3) is 5.91 Å². The van der Waals surface area contributed by atoms with E-state index in [0.717, 1.165) is 11.3 Å². The van der Waals surface area contributed by atoms with E-state index in [1.165, 1.54) is 11.3 Å². The van der Waals surface area contributed by atoms with Crippen molar-refractivity contribution in [2.45, 2.75) is 6.61 Å². The number of nitrogens with one attached hydrogen (secondary N) is 1. The third kappa shape index (κ3) is 4.14. The normalized spacial score (nSPS) is 10.2. The molecule has 24 heavy (non-hydrogen) atoms. The number of benzene rings is 2. The van der Waals surface area contributed by atoms with Crippen molar-refractivity contribution in [1.82, 2.24) is 0 Å². The zero-order valence-electron chi connectivity index (χ0n) is 13.2. The summed E-state index contributed by atoms with van der Waals surface area (Å²) in [4.78, 5) is 13.0. The predicted molar refractivity (Wildman–Crippen MR) is 96.0 cm³/mol. The highest BCUT2D eigenvalue weighted by molar-refractivity contribution is 7.12. The van der Waals surface area contributed by atoms with E-state index in [-0.39, 0.29) is 5.91 Å². The SMILES string of the molecule is COc1cccc(NC(=O)c2cc(COc3ccccc3)cs2)c1. The van der Waals surface area contributed by atoms with E-state index in [1.807, 2.05) is 60.0 Å². The van der Waals surface area contributed by atoms with Gasteiger partial charge < -0.3 is 14.8 Å². The Balaban J connectivity index is 1.61. The molecule has 0 radical (unpaired) electrons. The molecule has 1 N–H and O–H groups in total. The number of rotatable bonds is 6. The first kappa shape index (κ1) is 16.1. The average Bonchev–Trinajstić information content (AvgIpc) is 3.10. The summed E-state index contributed by atoms with van der Waals surface area (Å²) in [5.74, 6) is 1.38. The Kier molecular flexibility index (Phi) is 5.13. The molecule has 5 heteroatoms. The van der Waals surface area contributed by atoms with E-state index < -0.39 is 0 Å². The number of para-hydroxylation sites is 1. The van der Waals surface area contributed by atoms with E-state index in [0.29, 0.717) is 22.9 Å². The van der Waals surface area contributed by atoms with Gasteiger partial charge in [0.2, 0.25) is 0 Å². The molecule has 122 valence electrons. The molecule has 4 nitrogen and oxygen atoms in total. The lowest BCUT2D eigenvalue weighted by atomic mass is 10.2. The van der Waals surface area contributed by atoms with Gasteiger partial charge in [-0.25, -0.2) is 0 Å². The lowest BCUT2D eigenvalue weighted by Crippen LogP contribution is -2.10. The molecule has 0 atom stereocenters. The number of ether oxygens (including phenoxy) is 2. The molecule has 0 saturated carbocycles. The molecule has 0 aliphatic heterocycles. The van der Waals surface area contributed by atoms with Gasteiger partial charge in [0.1, 0.15) is 18.1 Å². The van der Waals surface area contributed by atoms with Gasteiger partial charge in [-0.1, -0.05) is 24.3 Å². The molecule has 3 rings (SSSR count). The molecule has 1 heterocycles. The Morgan fingerprint density at radius 2 is 1.83 bits per heavy atom. The molecule has 0 spiro atoms. The van der Waals surface area contributed by atoms with Gasteiger partial charge in [-0.3, -0.25) is 4.79 Å². The summed E-state index contributed by atoms with van der Waals surface area (Å²) in [7, 11) is 1.60. The highest BCUT2D eigenvalue weighted by Gasteiger charge is 2.10. The number of amides is 1. The van der Waals surface area contributed by atoms with Crippen molar-refractivity contribution in [3.8, 4) is 11.5 Å². The second-order valence-corrected chi connectivity index (χ2v) is 6.02. The van der Waals surface area contributed by atoms with Crippen LogP contribution in [0.3, 0.4) is 0 Å². The van der Waals surface area contributed by atoms with Crippen molar-refractivity contribution in [2.75, 3.05) is 12.4 Å². The minimum absolute atomic E-state index is 0.140. The van der Waals surface area contributed by atoms with Gasteiger partial charge in [0, 0.05) is 17.3 Å². The molecule has 0 aliphatic rings. The summed E-state index contributed by atoms with van der Waals surface area (Å²) in [5, 5.41) is 4.80. The Bertz CT molecular complexity index is 814. The van der Waals surface area contributed by atoms with Crippen LogP contribution in [0, 0.1) is 0 Å². The van der Waals surface area contributed by atoms with E-state index in [2.05, 4.69) is 5.32 Å². The van der Waals surface area contributed by atoms with Crippen LogP contribution in [0.25, 0.3) is 0 Å². The third-order valence-electron chi connectivity index (χ3n) is 3.35. The topological polar surface area (TPSA) is 47.6 Å². The van der Waals surface area contributed by atoms with Gasteiger partial charge in [-0.15, -0.1) is 11.3 Å². The van der Waals surface area contributed by atoms with Gasteiger partial charge in [-0.2, -0.15) is 0 Å². The van der Waals surface area contributed by atoms with Crippen molar-refractivity contribution in [3.05, 3.63) is 76.5 Å². The smallest absolute Gasteiger partial charge is 0.265 e. The van der Waals surface area contributed by atoms with Crippen LogP contribution in [0.5, 0.6) is 11.5 Å². The van der Waals surface area contributed by atoms with Crippen LogP contribution in [0.4, 0.5) is 5.69 Å². The largest absolute Gasteiger partial charge is 0.497 e. The molecule has 3 aromatic rings. The monoisotopic (exact) mass is 339 g/mol. The van der Waals surface area contributed by atoms with Crippen molar-refractivity contribution < 1.29 is 14.3 Å². The molecular formula is C19H17NO3S. The highest BCUT2D eigenvalue weighted by Crippen LogP contribution is 2.21. The lowest BCUT2D eigenvalue weighted by molar-refractivity contribution is 0.103. The number of carbonyl (C=O) groups excluding carboxylic acids is 1. The molecule has 0 unspecified atom stereocenters. The Morgan fingerprint density at radius 3 is 2.62 bits per heavy atom. The van der Waals surface area contributed by atoms with Crippen molar-refractivity contribution in [2.24, 2.45) is 0 Å². The van der Waals surface area contributed by atoms with E-state index >= 15 is 0 Å². The number of anilines is 1. The van der Waals surface area contributed by atoms with Crippen LogP contribution < -0.4 is 14.8 Å². The number of thiophene rings is 1. The van der Waals surface area contributed by atoms with Crippen LogP contribution in [0.2, 0.25) is 0 Å². The fraction of sp³-hybridized carbons (Fsp3) is 0.105. The second-order valence-electron chi connectivity index (χ2n) is 5.11. The van der Waals surface area contributed by atoms with Crippen LogP contribution in [0.15, 0.2) is 66.0 Å². The Morgan fingerprint density at radius 1 is 1.04 bits per heavy atom. The number of carbonyl (C=O) groups is 1. The number of hydrogen-bond donors (Lipinski definition) is 1. The fourth-order valence-corrected chi connectivity index (χ4v) is 2.94. The standard InChI is InChI=1S/C19H17NO3S/c1-22-17-9-5-6-15(11-17)20-19(21)18-10-14(13-24-18)12-23-16-7-3-2-4-8-16/h2-11,13H,12H2,1H3,(H,20,21). The van der Waals surface area contributed by atoms with E-state index in [4.69, 9.17) is 9.47 Å². The van der Waals surface area contributed by atoms with E-state index in [1.54, 1.807) is 13.2 Å². The van der Waals surface area contributed by atoms with Crippen LogP contribution in [-0.2, 0) is 6.61 Å². The third-order valence-corrected chi connectivity index (χ3v) is 4.33. The lowest BCUT2D eigenvalue weighted by Gasteiger charge is -2.05. The van der Waals surface area contributed by atoms with Crippen molar-refractivity contribution >= 4 is 22.9 Å². The predicted octanol–water partition coefficient (Wildman–Crippen LogP) is 4.59. The Hall–Kier alpha value is -2.79. The first-order valence-electron chi connectivity index (χ1n) is 7.45. The van der Waals surface area contributed by atoms with Crippen LogP contribution >= 0.6 is 11.3 Å². The maximum atomic E-state index is 12.3. The molecule has 0 saturated heterocycles. The zero-order valence-corrected chi connectivity index (χ0v) is 14.0. The number of methoxy groups -OCH3 is 1. The first-order chi connectivity index (χ1) is 11.7. The quantitative estimate of drug-likeness (QED) is 0.714. The zero-order chi connectivity index (χ0) is 16.8. The highest BCUT2D eigenvalue weighted by atomic mass is 32.1. The summed E-state index contributed by atoms with van der Waals surface area (Å²) in [6, 6.07) is 18.7. The summed E-state index contributed by atoms with van der Waals surface area (Å²) in [6.07, 6.45) is 0. The van der Waals surface area contributed by atoms with Gasteiger partial charge in [0.15, 0.2) is 0 Å². The number of hydrogen-bond acceptors (Lipinski definition) is 4. The van der Waals surface area contributed by atoms with Crippen molar-refractivity contribution in [1.29, 1.82) is 0 Å². The van der Waals surface area contributed by atoms with Crippen LogP contribution in [0.1, 0.15) is 15.2 Å². The maximum Gasteiger partial charge on any atom is 0.265 e. The molecule has 2 aromatic carbocycles. The summed E-state index contributed by atoms with van der Waals surface area (Å²) in [5.41, 5.74) is 1.68. The molecule has 0 bridgehead atoms. The molecular weight excluding hydrogens is 322 g/mol. The molecule has 0 aliphatic carbocycles. The van der Waals surface area contributed by atoms with Crippen LogP contribution in [-0.4, -0.2) is 13.0 Å². The van der Waals surface area contributed by atoms with Gasteiger partial charge in [0.05, 0.1) is 12.0 Å². The van der Waals surface area contributed by atoms with Crippen molar-refractivity contribution in [3.63, 3.8) is 0 Å². The van der Waals surface area contributed by atoms with Gasteiger partial charge in [-0.05, 0) is 35.7 Å². The molecule has 0 fully saturated rings. The minimum Gasteiger partial charge on any atom is -0.497 e. The summed E-state index contributed by atoms with van der Waals surface area (Å²) < 4.78 is 10.8. The molecule has 1 aromatic heterocycles. The average molecular weight is 339 g/mol.